The summed E-state index contributed by atoms with van der Waals surface area (Å²) in [6.45, 7) is 4.53. The first-order chi connectivity index (χ1) is 8.63. The van der Waals surface area contributed by atoms with Crippen LogP contribution in [-0.4, -0.2) is 12.5 Å². The molecule has 0 saturated carbocycles. The minimum absolute atomic E-state index is 0.105. The zero-order chi connectivity index (χ0) is 13.1. The van der Waals surface area contributed by atoms with E-state index in [9.17, 15) is 4.79 Å². The first-order valence-corrected chi connectivity index (χ1v) is 6.73. The highest BCUT2D eigenvalue weighted by molar-refractivity contribution is 7.15. The molecule has 2 rings (SSSR count). The van der Waals surface area contributed by atoms with Crippen molar-refractivity contribution in [2.75, 3.05) is 12.3 Å². The Morgan fingerprint density at radius 2 is 2.00 bits per heavy atom. The van der Waals surface area contributed by atoms with E-state index in [0.717, 1.165) is 11.1 Å². The minimum Gasteiger partial charge on any atom is -0.390 e. The molecule has 4 heteroatoms. The molecule has 0 atom stereocenters. The van der Waals surface area contributed by atoms with Gasteiger partial charge in [-0.2, -0.15) is 0 Å². The van der Waals surface area contributed by atoms with E-state index in [2.05, 4.69) is 5.32 Å². The number of carbonyl (C=O) groups excluding carboxylic acids is 1. The van der Waals surface area contributed by atoms with Gasteiger partial charge in [0.2, 0.25) is 0 Å². The van der Waals surface area contributed by atoms with Crippen molar-refractivity contribution in [2.24, 2.45) is 0 Å². The average molecular weight is 260 g/mol. The van der Waals surface area contributed by atoms with Gasteiger partial charge in [-0.05, 0) is 19.4 Å². The second-order valence-corrected chi connectivity index (χ2v) is 5.03. The third kappa shape index (κ3) is 2.38. The predicted octanol–water partition coefficient (Wildman–Crippen LogP) is 3.06. The molecule has 1 aromatic heterocycles. The number of thiophene rings is 1. The van der Waals surface area contributed by atoms with E-state index in [1.54, 1.807) is 0 Å². The molecular formula is C14H16N2OS. The van der Waals surface area contributed by atoms with E-state index in [-0.39, 0.29) is 5.91 Å². The summed E-state index contributed by atoms with van der Waals surface area (Å²) >= 11 is 1.40. The van der Waals surface area contributed by atoms with Crippen LogP contribution >= 0.6 is 11.3 Å². The van der Waals surface area contributed by atoms with E-state index in [1.807, 2.05) is 43.5 Å². The van der Waals surface area contributed by atoms with Gasteiger partial charge in [0.05, 0.1) is 10.6 Å². The van der Waals surface area contributed by atoms with E-state index < -0.39 is 0 Å². The maximum atomic E-state index is 12.0. The molecule has 0 radical (unpaired) electrons. The van der Waals surface area contributed by atoms with Gasteiger partial charge in [0, 0.05) is 17.5 Å². The number of nitrogens with two attached hydrogens (primary N) is 1. The molecule has 3 nitrogen and oxygen atoms in total. The molecule has 2 aromatic rings. The van der Waals surface area contributed by atoms with Crippen molar-refractivity contribution in [3.63, 3.8) is 0 Å². The van der Waals surface area contributed by atoms with Gasteiger partial charge in [-0.1, -0.05) is 29.8 Å². The van der Waals surface area contributed by atoms with Crippen molar-refractivity contribution in [1.82, 2.24) is 5.32 Å². The molecule has 0 aliphatic heterocycles. The van der Waals surface area contributed by atoms with Crippen molar-refractivity contribution in [2.45, 2.75) is 13.8 Å². The summed E-state index contributed by atoms with van der Waals surface area (Å²) in [5, 5.41) is 5.30. The first kappa shape index (κ1) is 12.6. The molecule has 94 valence electrons. The average Bonchev–Trinajstić information content (AvgIpc) is 2.72. The number of nitrogen functional groups attached to an aromatic ring is 1. The summed E-state index contributed by atoms with van der Waals surface area (Å²) in [5.74, 6) is -0.105. The van der Waals surface area contributed by atoms with Crippen molar-refractivity contribution >= 4 is 22.2 Å². The monoisotopic (exact) mass is 260 g/mol. The van der Waals surface area contributed by atoms with Crippen LogP contribution in [0.15, 0.2) is 29.6 Å². The largest absolute Gasteiger partial charge is 0.390 e. The topological polar surface area (TPSA) is 55.1 Å². The molecule has 1 heterocycles. The van der Waals surface area contributed by atoms with E-state index >= 15 is 0 Å². The Hall–Kier alpha value is -1.81. The summed E-state index contributed by atoms with van der Waals surface area (Å²) < 4.78 is 0. The number of aryl methyl sites for hydroxylation is 1. The van der Waals surface area contributed by atoms with Crippen LogP contribution in [0.25, 0.3) is 11.1 Å². The van der Waals surface area contributed by atoms with Gasteiger partial charge in [-0.25, -0.2) is 0 Å². The van der Waals surface area contributed by atoms with Crippen molar-refractivity contribution in [1.29, 1.82) is 0 Å². The van der Waals surface area contributed by atoms with Crippen LogP contribution < -0.4 is 11.1 Å². The van der Waals surface area contributed by atoms with Crippen LogP contribution in [0.2, 0.25) is 0 Å². The molecule has 1 amide bonds. The number of hydrogen-bond donors (Lipinski definition) is 2. The Labute approximate surface area is 111 Å². The number of rotatable bonds is 3. The maximum Gasteiger partial charge on any atom is 0.254 e. The van der Waals surface area contributed by atoms with Gasteiger partial charge >= 0.3 is 0 Å². The van der Waals surface area contributed by atoms with Crippen LogP contribution in [0.3, 0.4) is 0 Å². The van der Waals surface area contributed by atoms with Crippen LogP contribution in [0, 0.1) is 6.92 Å². The molecule has 0 saturated heterocycles. The number of hydrogen-bond acceptors (Lipinski definition) is 3. The van der Waals surface area contributed by atoms with Crippen LogP contribution in [0.5, 0.6) is 0 Å². The van der Waals surface area contributed by atoms with Gasteiger partial charge in [0.1, 0.15) is 0 Å². The van der Waals surface area contributed by atoms with Gasteiger partial charge in [-0.3, -0.25) is 4.79 Å². The van der Waals surface area contributed by atoms with Gasteiger partial charge in [-0.15, -0.1) is 11.3 Å². The van der Waals surface area contributed by atoms with Crippen molar-refractivity contribution in [3.8, 4) is 11.1 Å². The molecule has 18 heavy (non-hydrogen) atoms. The lowest BCUT2D eigenvalue weighted by molar-refractivity contribution is 0.0957. The van der Waals surface area contributed by atoms with E-state index in [0.29, 0.717) is 17.1 Å². The highest BCUT2D eigenvalue weighted by Crippen LogP contribution is 2.33. The third-order valence-electron chi connectivity index (χ3n) is 2.75. The Balaban J connectivity index is 2.45. The standard InChI is InChI=1S/C14H16N2OS/c1-3-16-14(17)12-11(8-18-13(12)15)10-6-4-9(2)5-7-10/h4-8H,3,15H2,1-2H3,(H,16,17). The Kier molecular flexibility index (Phi) is 3.67. The second kappa shape index (κ2) is 5.23. The zero-order valence-corrected chi connectivity index (χ0v) is 11.3. The van der Waals surface area contributed by atoms with Gasteiger partial charge < -0.3 is 11.1 Å². The fraction of sp³-hybridized carbons (Fsp3) is 0.214. The fourth-order valence-electron chi connectivity index (χ4n) is 1.80. The molecule has 0 spiro atoms. The zero-order valence-electron chi connectivity index (χ0n) is 10.5. The summed E-state index contributed by atoms with van der Waals surface area (Å²) in [7, 11) is 0. The Morgan fingerprint density at radius 1 is 1.33 bits per heavy atom. The Bertz CT molecular complexity index is 558. The van der Waals surface area contributed by atoms with Crippen LogP contribution in [-0.2, 0) is 0 Å². The lowest BCUT2D eigenvalue weighted by Crippen LogP contribution is -2.23. The molecule has 0 unspecified atom stereocenters. The van der Waals surface area contributed by atoms with E-state index in [4.69, 9.17) is 5.73 Å². The van der Waals surface area contributed by atoms with Gasteiger partial charge in [0.15, 0.2) is 0 Å². The van der Waals surface area contributed by atoms with Gasteiger partial charge in [0.25, 0.3) is 5.91 Å². The Morgan fingerprint density at radius 3 is 2.61 bits per heavy atom. The minimum atomic E-state index is -0.105. The third-order valence-corrected chi connectivity index (χ3v) is 3.56. The molecule has 0 aliphatic rings. The first-order valence-electron chi connectivity index (χ1n) is 5.85. The van der Waals surface area contributed by atoms with Crippen molar-refractivity contribution < 1.29 is 4.79 Å². The molecule has 1 aromatic carbocycles. The summed E-state index contributed by atoms with van der Waals surface area (Å²) in [4.78, 5) is 12.0. The van der Waals surface area contributed by atoms with Crippen LogP contribution in [0.4, 0.5) is 5.00 Å². The molecule has 0 fully saturated rings. The SMILES string of the molecule is CCNC(=O)c1c(-c2ccc(C)cc2)csc1N. The highest BCUT2D eigenvalue weighted by atomic mass is 32.1. The normalized spacial score (nSPS) is 10.3. The summed E-state index contributed by atoms with van der Waals surface area (Å²) in [6.07, 6.45) is 0. The number of amides is 1. The lowest BCUT2D eigenvalue weighted by atomic mass is 10.0. The number of nitrogens with one attached hydrogen (secondary N) is 1. The smallest absolute Gasteiger partial charge is 0.254 e. The predicted molar refractivity (Wildman–Crippen MR) is 76.9 cm³/mol. The van der Waals surface area contributed by atoms with Crippen molar-refractivity contribution in [3.05, 3.63) is 40.8 Å². The lowest BCUT2D eigenvalue weighted by Gasteiger charge is -2.06. The highest BCUT2D eigenvalue weighted by Gasteiger charge is 2.17. The molecular weight excluding hydrogens is 244 g/mol. The number of carbonyl (C=O) groups is 1. The second-order valence-electron chi connectivity index (χ2n) is 4.11. The van der Waals surface area contributed by atoms with Crippen LogP contribution in [0.1, 0.15) is 22.8 Å². The fourth-order valence-corrected chi connectivity index (χ4v) is 2.62. The summed E-state index contributed by atoms with van der Waals surface area (Å²) in [5.41, 5.74) is 9.61. The maximum absolute atomic E-state index is 12.0. The molecule has 3 N–H and O–H groups in total. The number of benzene rings is 1. The molecule has 0 bridgehead atoms. The summed E-state index contributed by atoms with van der Waals surface area (Å²) in [6, 6.07) is 8.09. The number of anilines is 1. The molecule has 0 aliphatic carbocycles. The quantitative estimate of drug-likeness (QED) is 0.891. The van der Waals surface area contributed by atoms with E-state index in [1.165, 1.54) is 16.9 Å².